The van der Waals surface area contributed by atoms with E-state index in [1.54, 1.807) is 24.5 Å². The molecule has 3 rings (SSSR count). The van der Waals surface area contributed by atoms with Crippen LogP contribution >= 0.6 is 15.9 Å². The van der Waals surface area contributed by atoms with E-state index in [4.69, 9.17) is 9.47 Å². The molecule has 2 aromatic rings. The molecular formula is C16H15BrN2O3. The van der Waals surface area contributed by atoms with Gasteiger partial charge in [-0.1, -0.05) is 15.9 Å². The van der Waals surface area contributed by atoms with E-state index in [1.807, 2.05) is 19.1 Å². The van der Waals surface area contributed by atoms with Crippen molar-refractivity contribution in [3.8, 4) is 11.5 Å². The molecule has 1 aromatic carbocycles. The Labute approximate surface area is 136 Å². The highest BCUT2D eigenvalue weighted by Gasteiger charge is 2.19. The first kappa shape index (κ1) is 14.8. The first-order chi connectivity index (χ1) is 10.6. The van der Waals surface area contributed by atoms with Gasteiger partial charge in [0, 0.05) is 22.4 Å². The zero-order chi connectivity index (χ0) is 15.5. The Balaban J connectivity index is 1.80. The molecule has 2 heterocycles. The van der Waals surface area contributed by atoms with Crippen LogP contribution in [-0.2, 0) is 0 Å². The summed E-state index contributed by atoms with van der Waals surface area (Å²) in [4.78, 5) is 16.1. The molecular weight excluding hydrogens is 348 g/mol. The van der Waals surface area contributed by atoms with E-state index in [1.165, 1.54) is 0 Å². The number of hydrogen-bond acceptors (Lipinski definition) is 4. The highest BCUT2D eigenvalue weighted by molar-refractivity contribution is 9.10. The molecule has 0 unspecified atom stereocenters. The second-order valence-electron chi connectivity index (χ2n) is 4.95. The van der Waals surface area contributed by atoms with Crippen LogP contribution in [0.2, 0.25) is 0 Å². The van der Waals surface area contributed by atoms with Gasteiger partial charge in [0.25, 0.3) is 5.91 Å². The first-order valence-electron chi connectivity index (χ1n) is 6.95. The maximum absolute atomic E-state index is 12.2. The number of rotatable bonds is 3. The van der Waals surface area contributed by atoms with Gasteiger partial charge in [0.05, 0.1) is 6.04 Å². The quantitative estimate of drug-likeness (QED) is 0.911. The zero-order valence-corrected chi connectivity index (χ0v) is 13.6. The summed E-state index contributed by atoms with van der Waals surface area (Å²) in [7, 11) is 0. The zero-order valence-electron chi connectivity index (χ0n) is 12.0. The Hall–Kier alpha value is -2.08. The summed E-state index contributed by atoms with van der Waals surface area (Å²) in [5.41, 5.74) is 1.52. The summed E-state index contributed by atoms with van der Waals surface area (Å²) in [5.74, 6) is 1.28. The predicted molar refractivity (Wildman–Crippen MR) is 85.3 cm³/mol. The monoisotopic (exact) mass is 362 g/mol. The number of halogens is 1. The minimum absolute atomic E-state index is 0.142. The Morgan fingerprint density at radius 2 is 1.86 bits per heavy atom. The van der Waals surface area contributed by atoms with Gasteiger partial charge >= 0.3 is 0 Å². The first-order valence-corrected chi connectivity index (χ1v) is 7.74. The second-order valence-corrected chi connectivity index (χ2v) is 5.80. The summed E-state index contributed by atoms with van der Waals surface area (Å²) in [6.45, 7) is 3.01. The lowest BCUT2D eigenvalue weighted by Crippen LogP contribution is -2.27. The fraction of sp³-hybridized carbons (Fsp3) is 0.250. The van der Waals surface area contributed by atoms with Gasteiger partial charge < -0.3 is 14.8 Å². The lowest BCUT2D eigenvalue weighted by Gasteiger charge is -2.22. The van der Waals surface area contributed by atoms with Crippen LogP contribution in [0.4, 0.5) is 0 Å². The molecule has 1 aliphatic heterocycles. The van der Waals surface area contributed by atoms with Crippen molar-refractivity contribution in [2.75, 3.05) is 13.2 Å². The number of nitrogens with one attached hydrogen (secondary N) is 1. The molecule has 0 aliphatic carbocycles. The number of aromatic nitrogens is 1. The van der Waals surface area contributed by atoms with E-state index in [0.717, 1.165) is 15.8 Å². The van der Waals surface area contributed by atoms with Gasteiger partial charge in [-0.15, -0.1) is 0 Å². The van der Waals surface area contributed by atoms with E-state index in [0.29, 0.717) is 24.5 Å². The van der Waals surface area contributed by atoms with Crippen molar-refractivity contribution in [2.45, 2.75) is 13.0 Å². The Morgan fingerprint density at radius 1 is 1.23 bits per heavy atom. The van der Waals surface area contributed by atoms with E-state index >= 15 is 0 Å². The molecule has 0 spiro atoms. The third-order valence-corrected chi connectivity index (χ3v) is 4.10. The molecule has 114 valence electrons. The molecule has 0 radical (unpaired) electrons. The number of ether oxygens (including phenoxy) is 2. The second kappa shape index (κ2) is 6.36. The Bertz CT molecular complexity index is 691. The SMILES string of the molecule is C[C@H](NC(=O)c1ccncc1)c1cc2c(cc1Br)OCCO2. The standard InChI is InChI=1S/C16H15BrN2O3/c1-10(19-16(20)11-2-4-18-5-3-11)12-8-14-15(9-13(12)17)22-7-6-21-14/h2-5,8-10H,6-7H2,1H3,(H,19,20)/t10-/m0/s1. The molecule has 0 fully saturated rings. The molecule has 6 heteroatoms. The lowest BCUT2D eigenvalue weighted by molar-refractivity contribution is 0.0939. The number of benzene rings is 1. The highest BCUT2D eigenvalue weighted by atomic mass is 79.9. The van der Waals surface area contributed by atoms with E-state index in [9.17, 15) is 4.79 Å². The molecule has 0 bridgehead atoms. The van der Waals surface area contributed by atoms with Gasteiger partial charge in [0.1, 0.15) is 13.2 Å². The number of pyridine rings is 1. The third kappa shape index (κ3) is 3.06. The molecule has 1 amide bonds. The maximum atomic E-state index is 12.2. The highest BCUT2D eigenvalue weighted by Crippen LogP contribution is 2.37. The van der Waals surface area contributed by atoms with Gasteiger partial charge in [-0.05, 0) is 36.8 Å². The van der Waals surface area contributed by atoms with Crippen molar-refractivity contribution >= 4 is 21.8 Å². The van der Waals surface area contributed by atoms with Gasteiger partial charge in [-0.3, -0.25) is 9.78 Å². The van der Waals surface area contributed by atoms with E-state index < -0.39 is 0 Å². The summed E-state index contributed by atoms with van der Waals surface area (Å²) >= 11 is 3.53. The lowest BCUT2D eigenvalue weighted by atomic mass is 10.1. The van der Waals surface area contributed by atoms with Crippen molar-refractivity contribution < 1.29 is 14.3 Å². The average molecular weight is 363 g/mol. The summed E-state index contributed by atoms with van der Waals surface area (Å²) < 4.78 is 12.0. The number of nitrogens with zero attached hydrogens (tertiary/aromatic N) is 1. The van der Waals surface area contributed by atoms with Crippen LogP contribution in [0.3, 0.4) is 0 Å². The molecule has 0 saturated heterocycles. The molecule has 1 aliphatic rings. The molecule has 1 aromatic heterocycles. The molecule has 0 saturated carbocycles. The maximum Gasteiger partial charge on any atom is 0.251 e. The van der Waals surface area contributed by atoms with Gasteiger partial charge in [0.2, 0.25) is 0 Å². The number of fused-ring (bicyclic) bond motifs is 1. The van der Waals surface area contributed by atoms with Crippen LogP contribution in [0, 0.1) is 0 Å². The largest absolute Gasteiger partial charge is 0.486 e. The smallest absolute Gasteiger partial charge is 0.251 e. The minimum atomic E-state index is -0.175. The summed E-state index contributed by atoms with van der Waals surface area (Å²) in [6, 6.07) is 6.96. The fourth-order valence-electron chi connectivity index (χ4n) is 2.27. The summed E-state index contributed by atoms with van der Waals surface area (Å²) in [6.07, 6.45) is 3.19. The predicted octanol–water partition coefficient (Wildman–Crippen LogP) is 3.11. The van der Waals surface area contributed by atoms with Crippen LogP contribution in [0.15, 0.2) is 41.1 Å². The van der Waals surface area contributed by atoms with Gasteiger partial charge in [-0.25, -0.2) is 0 Å². The van der Waals surface area contributed by atoms with Crippen molar-refractivity contribution in [1.29, 1.82) is 0 Å². The van der Waals surface area contributed by atoms with Crippen LogP contribution in [0.1, 0.15) is 28.9 Å². The molecule has 1 atom stereocenters. The fourth-order valence-corrected chi connectivity index (χ4v) is 2.94. The van der Waals surface area contributed by atoms with Crippen LogP contribution in [0.5, 0.6) is 11.5 Å². The van der Waals surface area contributed by atoms with E-state index in [-0.39, 0.29) is 11.9 Å². The van der Waals surface area contributed by atoms with Crippen molar-refractivity contribution in [3.63, 3.8) is 0 Å². The van der Waals surface area contributed by atoms with Gasteiger partial charge in [0.15, 0.2) is 11.5 Å². The molecule has 22 heavy (non-hydrogen) atoms. The average Bonchev–Trinajstić information content (AvgIpc) is 2.54. The Morgan fingerprint density at radius 3 is 2.55 bits per heavy atom. The molecule has 1 N–H and O–H groups in total. The number of hydrogen-bond donors (Lipinski definition) is 1. The van der Waals surface area contributed by atoms with E-state index in [2.05, 4.69) is 26.2 Å². The summed E-state index contributed by atoms with van der Waals surface area (Å²) in [5, 5.41) is 2.97. The van der Waals surface area contributed by atoms with Gasteiger partial charge in [-0.2, -0.15) is 0 Å². The third-order valence-electron chi connectivity index (χ3n) is 3.42. The minimum Gasteiger partial charge on any atom is -0.486 e. The van der Waals surface area contributed by atoms with Crippen molar-refractivity contribution in [2.24, 2.45) is 0 Å². The van der Waals surface area contributed by atoms with Crippen molar-refractivity contribution in [1.82, 2.24) is 10.3 Å². The Kier molecular flexibility index (Phi) is 4.29. The normalized spacial score (nSPS) is 14.3. The number of carbonyl (C=O) groups excluding carboxylic acids is 1. The molecule has 5 nitrogen and oxygen atoms in total. The number of carbonyl (C=O) groups is 1. The van der Waals surface area contributed by atoms with Crippen LogP contribution in [0.25, 0.3) is 0 Å². The van der Waals surface area contributed by atoms with Crippen LogP contribution in [-0.4, -0.2) is 24.1 Å². The van der Waals surface area contributed by atoms with Crippen LogP contribution < -0.4 is 14.8 Å². The number of amides is 1. The van der Waals surface area contributed by atoms with Crippen molar-refractivity contribution in [3.05, 3.63) is 52.3 Å². The topological polar surface area (TPSA) is 60.5 Å².